The number of hydrogen-bond acceptors (Lipinski definition) is 3. The molecule has 1 aliphatic rings. The molecule has 1 aromatic heterocycles. The van der Waals surface area contributed by atoms with Crippen molar-refractivity contribution in [3.8, 4) is 0 Å². The predicted molar refractivity (Wildman–Crippen MR) is 114 cm³/mol. The molecule has 0 unspecified atom stereocenters. The zero-order valence-corrected chi connectivity index (χ0v) is 16.2. The number of hydrogen-bond donors (Lipinski definition) is 0. The minimum absolute atomic E-state index is 0.0477. The summed E-state index contributed by atoms with van der Waals surface area (Å²) in [5.74, 6) is 0.883. The molecular weight excluding hydrogens is 346 g/mol. The molecule has 4 rings (SSSR count). The molecule has 142 valence electrons. The minimum atomic E-state index is 0.0477. The van der Waals surface area contributed by atoms with Gasteiger partial charge in [0.05, 0.1) is 0 Å². The van der Waals surface area contributed by atoms with Crippen LogP contribution in [0.4, 0.5) is 11.5 Å². The molecule has 28 heavy (non-hydrogen) atoms. The van der Waals surface area contributed by atoms with Crippen molar-refractivity contribution in [2.24, 2.45) is 0 Å². The maximum Gasteiger partial charge on any atom is 0.258 e. The Bertz CT molecular complexity index is 955. The van der Waals surface area contributed by atoms with Crippen LogP contribution in [-0.2, 0) is 13.0 Å². The Morgan fingerprint density at radius 2 is 1.86 bits per heavy atom. The second-order valence-electron chi connectivity index (χ2n) is 7.09. The van der Waals surface area contributed by atoms with Gasteiger partial charge in [-0.1, -0.05) is 48.5 Å². The van der Waals surface area contributed by atoms with E-state index in [-0.39, 0.29) is 5.91 Å². The molecule has 4 nitrogen and oxygen atoms in total. The molecule has 1 amide bonds. The smallest absolute Gasteiger partial charge is 0.258 e. The molecular formula is C24H25N3O. The van der Waals surface area contributed by atoms with Gasteiger partial charge >= 0.3 is 0 Å². The number of carbonyl (C=O) groups is 1. The Balaban J connectivity index is 1.59. The van der Waals surface area contributed by atoms with E-state index >= 15 is 0 Å². The monoisotopic (exact) mass is 371 g/mol. The van der Waals surface area contributed by atoms with Gasteiger partial charge in [-0.25, -0.2) is 4.98 Å². The quantitative estimate of drug-likeness (QED) is 0.652. The number of rotatable bonds is 5. The molecule has 1 aliphatic heterocycles. The van der Waals surface area contributed by atoms with Crippen LogP contribution in [-0.4, -0.2) is 24.0 Å². The Morgan fingerprint density at radius 1 is 1.07 bits per heavy atom. The van der Waals surface area contributed by atoms with Gasteiger partial charge in [-0.15, -0.1) is 0 Å². The summed E-state index contributed by atoms with van der Waals surface area (Å²) in [6.07, 6.45) is 3.77. The number of aryl methyl sites for hydroxylation is 1. The number of fused-ring (bicyclic) bond motifs is 1. The first-order valence-corrected chi connectivity index (χ1v) is 9.91. The average Bonchev–Trinajstić information content (AvgIpc) is 2.77. The van der Waals surface area contributed by atoms with E-state index in [1.54, 1.807) is 6.20 Å². The molecule has 2 aromatic carbocycles. The van der Waals surface area contributed by atoms with Crippen molar-refractivity contribution in [2.45, 2.75) is 26.3 Å². The fraction of sp³-hybridized carbons (Fsp3) is 0.250. The summed E-state index contributed by atoms with van der Waals surface area (Å²) >= 11 is 0. The Labute approximate surface area is 166 Å². The fourth-order valence-electron chi connectivity index (χ4n) is 3.78. The molecule has 0 radical (unpaired) electrons. The van der Waals surface area contributed by atoms with E-state index in [1.807, 2.05) is 53.4 Å². The average molecular weight is 371 g/mol. The first-order valence-electron chi connectivity index (χ1n) is 9.91. The van der Waals surface area contributed by atoms with Crippen molar-refractivity contribution in [1.82, 2.24) is 4.98 Å². The summed E-state index contributed by atoms with van der Waals surface area (Å²) in [6, 6.07) is 22.3. The molecule has 0 aliphatic carbocycles. The summed E-state index contributed by atoms with van der Waals surface area (Å²) in [4.78, 5) is 21.9. The molecule has 2 heterocycles. The first-order chi connectivity index (χ1) is 13.8. The zero-order chi connectivity index (χ0) is 19.3. The number of para-hydroxylation sites is 1. The third kappa shape index (κ3) is 3.77. The molecule has 0 fully saturated rings. The van der Waals surface area contributed by atoms with Crippen LogP contribution in [0.1, 0.15) is 34.8 Å². The van der Waals surface area contributed by atoms with E-state index in [0.29, 0.717) is 5.56 Å². The molecule has 0 saturated heterocycles. The van der Waals surface area contributed by atoms with E-state index < -0.39 is 0 Å². The SMILES string of the molecule is CCN(Cc1ccccc1)c1cc(C(=O)N2CCCc3ccccc32)ccn1. The molecule has 0 N–H and O–H groups in total. The number of aromatic nitrogens is 1. The van der Waals surface area contributed by atoms with Gasteiger partial charge < -0.3 is 9.80 Å². The van der Waals surface area contributed by atoms with Crippen LogP contribution in [0.3, 0.4) is 0 Å². The van der Waals surface area contributed by atoms with Crippen molar-refractivity contribution >= 4 is 17.4 Å². The molecule has 0 bridgehead atoms. The van der Waals surface area contributed by atoms with Crippen molar-refractivity contribution in [2.75, 3.05) is 22.9 Å². The summed E-state index contributed by atoms with van der Waals surface area (Å²) in [7, 11) is 0. The molecule has 3 aromatic rings. The predicted octanol–water partition coefficient (Wildman–Crippen LogP) is 4.70. The normalized spacial score (nSPS) is 13.1. The highest BCUT2D eigenvalue weighted by Crippen LogP contribution is 2.28. The Hall–Kier alpha value is -3.14. The van der Waals surface area contributed by atoms with Crippen molar-refractivity contribution in [3.63, 3.8) is 0 Å². The highest BCUT2D eigenvalue weighted by molar-refractivity contribution is 6.07. The van der Waals surface area contributed by atoms with Crippen molar-refractivity contribution in [3.05, 3.63) is 89.6 Å². The van der Waals surface area contributed by atoms with Gasteiger partial charge in [0.15, 0.2) is 0 Å². The van der Waals surface area contributed by atoms with Crippen molar-refractivity contribution in [1.29, 1.82) is 0 Å². The van der Waals surface area contributed by atoms with E-state index in [9.17, 15) is 4.79 Å². The molecule has 0 spiro atoms. The number of anilines is 2. The van der Waals surface area contributed by atoms with Gasteiger partial charge in [-0.05, 0) is 49.1 Å². The Morgan fingerprint density at radius 3 is 2.68 bits per heavy atom. The van der Waals surface area contributed by atoms with Crippen molar-refractivity contribution < 1.29 is 4.79 Å². The first kappa shape index (κ1) is 18.2. The number of nitrogens with zero attached hydrogens (tertiary/aromatic N) is 3. The maximum absolute atomic E-state index is 13.3. The Kier molecular flexibility index (Phi) is 5.38. The number of benzene rings is 2. The van der Waals surface area contributed by atoms with Crippen LogP contribution in [0.25, 0.3) is 0 Å². The van der Waals surface area contributed by atoms with Gasteiger partial charge in [0.25, 0.3) is 5.91 Å². The van der Waals surface area contributed by atoms with Gasteiger partial charge in [0.1, 0.15) is 5.82 Å². The third-order valence-electron chi connectivity index (χ3n) is 5.27. The topological polar surface area (TPSA) is 36.4 Å². The van der Waals surface area contributed by atoms with Crippen LogP contribution in [0.2, 0.25) is 0 Å². The number of pyridine rings is 1. The van der Waals surface area contributed by atoms with Crippen LogP contribution in [0.5, 0.6) is 0 Å². The fourth-order valence-corrected chi connectivity index (χ4v) is 3.78. The van der Waals surface area contributed by atoms with E-state index in [1.165, 1.54) is 11.1 Å². The summed E-state index contributed by atoms with van der Waals surface area (Å²) in [5.41, 5.74) is 4.20. The highest BCUT2D eigenvalue weighted by Gasteiger charge is 2.23. The van der Waals surface area contributed by atoms with Gasteiger partial charge in [-0.2, -0.15) is 0 Å². The largest absolute Gasteiger partial charge is 0.353 e. The van der Waals surface area contributed by atoms with Crippen LogP contribution in [0, 0.1) is 0 Å². The van der Waals surface area contributed by atoms with Gasteiger partial charge in [0.2, 0.25) is 0 Å². The lowest BCUT2D eigenvalue weighted by molar-refractivity contribution is 0.0985. The lowest BCUT2D eigenvalue weighted by Gasteiger charge is -2.30. The van der Waals surface area contributed by atoms with E-state index in [0.717, 1.165) is 44.0 Å². The minimum Gasteiger partial charge on any atom is -0.353 e. The van der Waals surface area contributed by atoms with E-state index in [2.05, 4.69) is 35.0 Å². The maximum atomic E-state index is 13.3. The van der Waals surface area contributed by atoms with Gasteiger partial charge in [-0.3, -0.25) is 4.79 Å². The molecule has 0 atom stereocenters. The number of carbonyl (C=O) groups excluding carboxylic acids is 1. The summed E-state index contributed by atoms with van der Waals surface area (Å²) in [5, 5.41) is 0. The van der Waals surface area contributed by atoms with Crippen LogP contribution < -0.4 is 9.80 Å². The van der Waals surface area contributed by atoms with Gasteiger partial charge in [0, 0.05) is 37.1 Å². The number of amides is 1. The second-order valence-corrected chi connectivity index (χ2v) is 7.09. The zero-order valence-electron chi connectivity index (χ0n) is 16.2. The summed E-state index contributed by atoms with van der Waals surface area (Å²) in [6.45, 7) is 4.47. The molecule has 0 saturated carbocycles. The summed E-state index contributed by atoms with van der Waals surface area (Å²) < 4.78 is 0. The van der Waals surface area contributed by atoms with E-state index in [4.69, 9.17) is 0 Å². The highest BCUT2D eigenvalue weighted by atomic mass is 16.2. The second kappa shape index (κ2) is 8.26. The lowest BCUT2D eigenvalue weighted by Crippen LogP contribution is -2.35. The lowest BCUT2D eigenvalue weighted by atomic mass is 10.0. The molecule has 4 heteroatoms. The standard InChI is InChI=1S/C24H25N3O/c1-2-26(18-19-9-4-3-5-10-19)23-17-21(14-15-25-23)24(28)27-16-8-12-20-11-6-7-13-22(20)27/h3-7,9-11,13-15,17H,2,8,12,16,18H2,1H3. The van der Waals surface area contributed by atoms with Crippen LogP contribution >= 0.6 is 0 Å². The van der Waals surface area contributed by atoms with Crippen LogP contribution in [0.15, 0.2) is 72.9 Å². The third-order valence-corrected chi connectivity index (χ3v) is 5.27.